The van der Waals surface area contributed by atoms with E-state index in [1.807, 2.05) is 18.2 Å². The lowest BCUT2D eigenvalue weighted by atomic mass is 10.0. The predicted molar refractivity (Wildman–Crippen MR) is 84.9 cm³/mol. The summed E-state index contributed by atoms with van der Waals surface area (Å²) in [5.74, 6) is 0. The van der Waals surface area contributed by atoms with E-state index < -0.39 is 10.0 Å². The summed E-state index contributed by atoms with van der Waals surface area (Å²) in [7, 11) is -1.69. The second kappa shape index (κ2) is 6.22. The molecule has 0 spiro atoms. The third kappa shape index (κ3) is 3.08. The SMILES string of the molecule is Cn1cc(S(=O)(=O)N2CCCC2CCc2ccccc2)cn1. The van der Waals surface area contributed by atoms with Crippen LogP contribution in [0.15, 0.2) is 47.6 Å². The topological polar surface area (TPSA) is 55.2 Å². The summed E-state index contributed by atoms with van der Waals surface area (Å²) in [4.78, 5) is 0.293. The van der Waals surface area contributed by atoms with Crippen molar-refractivity contribution in [2.45, 2.75) is 36.6 Å². The molecule has 3 rings (SSSR count). The van der Waals surface area contributed by atoms with Gasteiger partial charge in [0.05, 0.1) is 6.20 Å². The van der Waals surface area contributed by atoms with Crippen molar-refractivity contribution in [2.75, 3.05) is 6.54 Å². The van der Waals surface area contributed by atoms with Gasteiger partial charge >= 0.3 is 0 Å². The van der Waals surface area contributed by atoms with Gasteiger partial charge in [0.25, 0.3) is 0 Å². The minimum Gasteiger partial charge on any atom is -0.274 e. The molecule has 2 heterocycles. The van der Waals surface area contributed by atoms with Crippen LogP contribution >= 0.6 is 0 Å². The number of hydrogen-bond acceptors (Lipinski definition) is 3. The summed E-state index contributed by atoms with van der Waals surface area (Å²) < 4.78 is 28.7. The zero-order valence-electron chi connectivity index (χ0n) is 12.7. The summed E-state index contributed by atoms with van der Waals surface area (Å²) >= 11 is 0. The highest BCUT2D eigenvalue weighted by Gasteiger charge is 2.35. The van der Waals surface area contributed by atoms with E-state index in [2.05, 4.69) is 17.2 Å². The molecule has 0 amide bonds. The van der Waals surface area contributed by atoms with Gasteiger partial charge in [-0.15, -0.1) is 0 Å². The molecule has 1 atom stereocenters. The van der Waals surface area contributed by atoms with Crippen molar-refractivity contribution in [3.63, 3.8) is 0 Å². The summed E-state index contributed by atoms with van der Waals surface area (Å²) in [6, 6.07) is 10.3. The number of hydrogen-bond donors (Lipinski definition) is 0. The van der Waals surface area contributed by atoms with Crippen LogP contribution in [-0.2, 0) is 23.5 Å². The van der Waals surface area contributed by atoms with Crippen molar-refractivity contribution < 1.29 is 8.42 Å². The van der Waals surface area contributed by atoms with Crippen LogP contribution in [0.4, 0.5) is 0 Å². The third-order valence-corrected chi connectivity index (χ3v) is 6.12. The number of nitrogens with zero attached hydrogens (tertiary/aromatic N) is 3. The molecule has 1 aromatic heterocycles. The first-order valence-corrected chi connectivity index (χ1v) is 9.06. The Balaban J connectivity index is 1.73. The lowest BCUT2D eigenvalue weighted by molar-refractivity contribution is 0.370. The fourth-order valence-corrected chi connectivity index (χ4v) is 4.77. The Morgan fingerprint density at radius 2 is 2.05 bits per heavy atom. The first-order valence-electron chi connectivity index (χ1n) is 7.62. The standard InChI is InChI=1S/C16H21N3O2S/c1-18-13-16(12-17-18)22(20,21)19-11-5-8-15(19)10-9-14-6-3-2-4-7-14/h2-4,6-7,12-13,15H,5,8-11H2,1H3. The predicted octanol–water partition coefficient (Wildman–Crippen LogP) is 2.21. The molecule has 1 aromatic carbocycles. The van der Waals surface area contributed by atoms with E-state index in [1.165, 1.54) is 16.4 Å². The Hall–Kier alpha value is -1.66. The van der Waals surface area contributed by atoms with Crippen molar-refractivity contribution in [1.29, 1.82) is 0 Å². The Kier molecular flexibility index (Phi) is 4.31. The van der Waals surface area contributed by atoms with E-state index in [0.29, 0.717) is 11.4 Å². The van der Waals surface area contributed by atoms with E-state index in [9.17, 15) is 8.42 Å². The highest BCUT2D eigenvalue weighted by atomic mass is 32.2. The van der Waals surface area contributed by atoms with Crippen molar-refractivity contribution in [3.05, 3.63) is 48.3 Å². The molecular weight excluding hydrogens is 298 g/mol. The molecular formula is C16H21N3O2S. The first kappa shape index (κ1) is 15.2. The van der Waals surface area contributed by atoms with Gasteiger partial charge in [-0.2, -0.15) is 9.40 Å². The number of aromatic nitrogens is 2. The molecule has 0 bridgehead atoms. The minimum atomic E-state index is -3.42. The van der Waals surface area contributed by atoms with Crippen LogP contribution in [-0.4, -0.2) is 35.1 Å². The smallest absolute Gasteiger partial charge is 0.246 e. The summed E-state index contributed by atoms with van der Waals surface area (Å²) in [6.07, 6.45) is 6.64. The molecule has 2 aromatic rings. The fourth-order valence-electron chi connectivity index (χ4n) is 3.06. The van der Waals surface area contributed by atoms with E-state index in [-0.39, 0.29) is 6.04 Å². The molecule has 118 valence electrons. The fraction of sp³-hybridized carbons (Fsp3) is 0.438. The lowest BCUT2D eigenvalue weighted by Gasteiger charge is -2.23. The number of rotatable bonds is 5. The minimum absolute atomic E-state index is 0.0883. The van der Waals surface area contributed by atoms with Gasteiger partial charge in [-0.3, -0.25) is 4.68 Å². The number of aryl methyl sites for hydroxylation is 2. The van der Waals surface area contributed by atoms with Crippen LogP contribution in [0, 0.1) is 0 Å². The summed E-state index contributed by atoms with van der Waals surface area (Å²) in [5, 5.41) is 3.98. The number of sulfonamides is 1. The molecule has 1 fully saturated rings. The zero-order chi connectivity index (χ0) is 15.6. The molecule has 0 aliphatic carbocycles. The van der Waals surface area contributed by atoms with E-state index in [1.54, 1.807) is 17.5 Å². The van der Waals surface area contributed by atoms with Gasteiger partial charge in [0.2, 0.25) is 10.0 Å². The van der Waals surface area contributed by atoms with Crippen molar-refractivity contribution in [1.82, 2.24) is 14.1 Å². The molecule has 0 N–H and O–H groups in total. The van der Waals surface area contributed by atoms with Gasteiger partial charge in [0, 0.05) is 25.8 Å². The van der Waals surface area contributed by atoms with Gasteiger partial charge in [-0.1, -0.05) is 30.3 Å². The van der Waals surface area contributed by atoms with Crippen LogP contribution in [0.5, 0.6) is 0 Å². The molecule has 22 heavy (non-hydrogen) atoms. The van der Waals surface area contributed by atoms with Gasteiger partial charge < -0.3 is 0 Å². The van der Waals surface area contributed by atoms with Gasteiger partial charge in [0.15, 0.2) is 0 Å². The van der Waals surface area contributed by atoms with Crippen molar-refractivity contribution in [3.8, 4) is 0 Å². The van der Waals surface area contributed by atoms with Crippen LogP contribution in [0.3, 0.4) is 0 Å². The normalized spacial score (nSPS) is 19.6. The molecule has 0 radical (unpaired) electrons. The van der Waals surface area contributed by atoms with Gasteiger partial charge in [-0.05, 0) is 31.2 Å². The summed E-state index contributed by atoms with van der Waals surface area (Å²) in [5.41, 5.74) is 1.26. The maximum Gasteiger partial charge on any atom is 0.246 e. The Labute approximate surface area is 131 Å². The van der Waals surface area contributed by atoms with Crippen LogP contribution in [0.2, 0.25) is 0 Å². The van der Waals surface area contributed by atoms with Gasteiger partial charge in [-0.25, -0.2) is 8.42 Å². The average Bonchev–Trinajstić information content (AvgIpc) is 3.15. The molecule has 1 aliphatic rings. The third-order valence-electron chi connectivity index (χ3n) is 4.22. The quantitative estimate of drug-likeness (QED) is 0.849. The van der Waals surface area contributed by atoms with E-state index in [4.69, 9.17) is 0 Å². The first-order chi connectivity index (χ1) is 10.6. The molecule has 5 nitrogen and oxygen atoms in total. The summed E-state index contributed by atoms with van der Waals surface area (Å²) in [6.45, 7) is 0.608. The molecule has 1 saturated heterocycles. The highest BCUT2D eigenvalue weighted by molar-refractivity contribution is 7.89. The Morgan fingerprint density at radius 3 is 2.73 bits per heavy atom. The monoisotopic (exact) mass is 319 g/mol. The maximum absolute atomic E-state index is 12.7. The molecule has 6 heteroatoms. The van der Waals surface area contributed by atoms with Crippen molar-refractivity contribution >= 4 is 10.0 Å². The van der Waals surface area contributed by atoms with E-state index in [0.717, 1.165) is 25.7 Å². The largest absolute Gasteiger partial charge is 0.274 e. The Bertz CT molecular complexity index is 725. The van der Waals surface area contributed by atoms with Crippen LogP contribution in [0.1, 0.15) is 24.8 Å². The maximum atomic E-state index is 12.7. The zero-order valence-corrected chi connectivity index (χ0v) is 13.5. The molecule has 0 saturated carbocycles. The van der Waals surface area contributed by atoms with Crippen LogP contribution < -0.4 is 0 Å². The second-order valence-electron chi connectivity index (χ2n) is 5.79. The van der Waals surface area contributed by atoms with Gasteiger partial charge in [0.1, 0.15) is 4.90 Å². The average molecular weight is 319 g/mol. The number of benzene rings is 1. The second-order valence-corrected chi connectivity index (χ2v) is 7.68. The molecule has 1 unspecified atom stereocenters. The Morgan fingerprint density at radius 1 is 1.27 bits per heavy atom. The van der Waals surface area contributed by atoms with Crippen LogP contribution in [0.25, 0.3) is 0 Å². The van der Waals surface area contributed by atoms with Crippen molar-refractivity contribution in [2.24, 2.45) is 7.05 Å². The highest BCUT2D eigenvalue weighted by Crippen LogP contribution is 2.28. The molecule has 1 aliphatic heterocycles. The lowest BCUT2D eigenvalue weighted by Crippen LogP contribution is -2.35. The van der Waals surface area contributed by atoms with E-state index >= 15 is 0 Å².